The number of hydrogen-bond donors (Lipinski definition) is 1. The SMILES string of the molecule is CC[C@H](C)c1ccc(-c2cc(C(=O)Nc3ccccc3N3CCOCC3)c3ccccc3n2)cc1. The van der Waals surface area contributed by atoms with Gasteiger partial charge in [-0.15, -0.1) is 0 Å². The molecule has 1 aliphatic heterocycles. The van der Waals surface area contributed by atoms with Crippen molar-refractivity contribution >= 4 is 28.2 Å². The summed E-state index contributed by atoms with van der Waals surface area (Å²) in [5.41, 5.74) is 6.37. The summed E-state index contributed by atoms with van der Waals surface area (Å²) in [6, 6.07) is 26.2. The standard InChI is InChI=1S/C30H31N3O2/c1-3-21(2)22-12-14-23(15-13-22)28-20-25(24-8-4-5-9-26(24)31-28)30(34)32-27-10-6-7-11-29(27)33-16-18-35-19-17-33/h4-15,20-21H,3,16-19H2,1-2H3,(H,32,34)/t21-/m0/s1. The van der Waals surface area contributed by atoms with Crippen molar-refractivity contribution in [3.63, 3.8) is 0 Å². The van der Waals surface area contributed by atoms with Crippen molar-refractivity contribution in [3.8, 4) is 11.3 Å². The number of hydrogen-bond acceptors (Lipinski definition) is 4. The van der Waals surface area contributed by atoms with Crippen LogP contribution in [0.2, 0.25) is 0 Å². The molecule has 0 radical (unpaired) electrons. The number of anilines is 2. The first kappa shape index (κ1) is 23.1. The van der Waals surface area contributed by atoms with E-state index in [1.54, 1.807) is 0 Å². The molecule has 5 nitrogen and oxygen atoms in total. The van der Waals surface area contributed by atoms with Gasteiger partial charge in [0.1, 0.15) is 0 Å². The van der Waals surface area contributed by atoms with Crippen LogP contribution in [0, 0.1) is 0 Å². The fourth-order valence-corrected chi connectivity index (χ4v) is 4.58. The number of nitrogens with zero attached hydrogens (tertiary/aromatic N) is 2. The molecular formula is C30H31N3O2. The van der Waals surface area contributed by atoms with E-state index in [2.05, 4.69) is 54.4 Å². The number of benzene rings is 3. The second-order valence-electron chi connectivity index (χ2n) is 9.07. The van der Waals surface area contributed by atoms with Gasteiger partial charge in [0.15, 0.2) is 0 Å². The van der Waals surface area contributed by atoms with Gasteiger partial charge in [-0.1, -0.05) is 68.4 Å². The molecule has 4 aromatic rings. The molecule has 1 aliphatic rings. The molecule has 178 valence electrons. The maximum absolute atomic E-state index is 13.6. The van der Waals surface area contributed by atoms with E-state index in [0.717, 1.165) is 53.0 Å². The summed E-state index contributed by atoms with van der Waals surface area (Å²) >= 11 is 0. The van der Waals surface area contributed by atoms with Crippen molar-refractivity contribution in [1.29, 1.82) is 0 Å². The molecule has 5 heteroatoms. The fourth-order valence-electron chi connectivity index (χ4n) is 4.58. The first-order valence-electron chi connectivity index (χ1n) is 12.4. The van der Waals surface area contributed by atoms with Crippen LogP contribution in [0.15, 0.2) is 78.9 Å². The van der Waals surface area contributed by atoms with Gasteiger partial charge in [0, 0.05) is 24.0 Å². The minimum absolute atomic E-state index is 0.137. The van der Waals surface area contributed by atoms with Gasteiger partial charge in [-0.2, -0.15) is 0 Å². The van der Waals surface area contributed by atoms with Gasteiger partial charge in [0.05, 0.1) is 41.4 Å². The Bertz CT molecular complexity index is 1330. The van der Waals surface area contributed by atoms with Crippen LogP contribution in [0.25, 0.3) is 22.2 Å². The van der Waals surface area contributed by atoms with Crippen molar-refractivity contribution in [1.82, 2.24) is 4.98 Å². The molecule has 0 saturated carbocycles. The van der Waals surface area contributed by atoms with Crippen LogP contribution in [-0.4, -0.2) is 37.2 Å². The molecule has 35 heavy (non-hydrogen) atoms. The van der Waals surface area contributed by atoms with Gasteiger partial charge in [0.2, 0.25) is 0 Å². The lowest BCUT2D eigenvalue weighted by atomic mass is 9.96. The molecule has 0 unspecified atom stereocenters. The summed E-state index contributed by atoms with van der Waals surface area (Å²) < 4.78 is 5.51. The third-order valence-electron chi connectivity index (χ3n) is 6.85. The Labute approximate surface area is 206 Å². The second-order valence-corrected chi connectivity index (χ2v) is 9.07. The molecule has 0 aliphatic carbocycles. The molecule has 2 heterocycles. The van der Waals surface area contributed by atoms with Gasteiger partial charge in [-0.25, -0.2) is 4.98 Å². The van der Waals surface area contributed by atoms with E-state index in [1.807, 2.05) is 48.5 Å². The molecule has 0 bridgehead atoms. The Morgan fingerprint density at radius 1 is 1.00 bits per heavy atom. The highest BCUT2D eigenvalue weighted by molar-refractivity contribution is 6.14. The maximum atomic E-state index is 13.6. The summed E-state index contributed by atoms with van der Waals surface area (Å²) in [7, 11) is 0. The van der Waals surface area contributed by atoms with E-state index in [1.165, 1.54) is 5.56 Å². The van der Waals surface area contributed by atoms with E-state index >= 15 is 0 Å². The molecular weight excluding hydrogens is 434 g/mol. The van der Waals surface area contributed by atoms with Crippen LogP contribution in [0.5, 0.6) is 0 Å². The zero-order chi connectivity index (χ0) is 24.2. The largest absolute Gasteiger partial charge is 0.378 e. The van der Waals surface area contributed by atoms with Crippen LogP contribution >= 0.6 is 0 Å². The van der Waals surface area contributed by atoms with Crippen LogP contribution < -0.4 is 10.2 Å². The van der Waals surface area contributed by atoms with Crippen LogP contribution in [0.1, 0.15) is 42.1 Å². The van der Waals surface area contributed by atoms with Crippen molar-refractivity contribution in [2.45, 2.75) is 26.2 Å². The summed E-state index contributed by atoms with van der Waals surface area (Å²) in [6.45, 7) is 7.43. The van der Waals surface area contributed by atoms with Crippen molar-refractivity contribution in [2.24, 2.45) is 0 Å². The van der Waals surface area contributed by atoms with Crippen molar-refractivity contribution in [3.05, 3.63) is 90.0 Å². The highest BCUT2D eigenvalue weighted by Crippen LogP contribution is 2.30. The number of carbonyl (C=O) groups is 1. The zero-order valence-electron chi connectivity index (χ0n) is 20.3. The highest BCUT2D eigenvalue weighted by atomic mass is 16.5. The molecule has 1 N–H and O–H groups in total. The predicted molar refractivity (Wildman–Crippen MR) is 143 cm³/mol. The molecule has 1 amide bonds. The number of aromatic nitrogens is 1. The average Bonchev–Trinajstić information content (AvgIpc) is 2.93. The normalized spacial score (nSPS) is 14.6. The lowest BCUT2D eigenvalue weighted by Crippen LogP contribution is -2.36. The number of nitrogens with one attached hydrogen (secondary N) is 1. The summed E-state index contributed by atoms with van der Waals surface area (Å²) in [4.78, 5) is 20.8. The first-order chi connectivity index (χ1) is 17.1. The lowest BCUT2D eigenvalue weighted by molar-refractivity contribution is 0.102. The first-order valence-corrected chi connectivity index (χ1v) is 12.4. The van der Waals surface area contributed by atoms with Crippen LogP contribution in [-0.2, 0) is 4.74 Å². The van der Waals surface area contributed by atoms with Crippen LogP contribution in [0.3, 0.4) is 0 Å². The maximum Gasteiger partial charge on any atom is 0.256 e. The number of ether oxygens (including phenoxy) is 1. The average molecular weight is 466 g/mol. The number of fused-ring (bicyclic) bond motifs is 1. The van der Waals surface area contributed by atoms with E-state index in [0.29, 0.717) is 24.7 Å². The van der Waals surface area contributed by atoms with Gasteiger partial charge in [-0.3, -0.25) is 4.79 Å². The molecule has 3 aromatic carbocycles. The van der Waals surface area contributed by atoms with Crippen molar-refractivity contribution in [2.75, 3.05) is 36.5 Å². The fraction of sp³-hybridized carbons (Fsp3) is 0.267. The quantitative estimate of drug-likeness (QED) is 0.353. The minimum Gasteiger partial charge on any atom is -0.378 e. The van der Waals surface area contributed by atoms with Gasteiger partial charge in [0.25, 0.3) is 5.91 Å². The number of morpholine rings is 1. The Kier molecular flexibility index (Phi) is 6.77. The molecule has 1 fully saturated rings. The summed E-state index contributed by atoms with van der Waals surface area (Å²) in [6.07, 6.45) is 1.10. The summed E-state index contributed by atoms with van der Waals surface area (Å²) in [5.74, 6) is 0.378. The Morgan fingerprint density at radius 2 is 1.71 bits per heavy atom. The van der Waals surface area contributed by atoms with Crippen molar-refractivity contribution < 1.29 is 9.53 Å². The molecule has 1 atom stereocenters. The predicted octanol–water partition coefficient (Wildman–Crippen LogP) is 6.50. The second kappa shape index (κ2) is 10.3. The lowest BCUT2D eigenvalue weighted by Gasteiger charge is -2.30. The minimum atomic E-state index is -0.137. The van der Waals surface area contributed by atoms with Crippen LogP contribution in [0.4, 0.5) is 11.4 Å². The van der Waals surface area contributed by atoms with E-state index in [-0.39, 0.29) is 5.91 Å². The Balaban J connectivity index is 1.50. The summed E-state index contributed by atoms with van der Waals surface area (Å²) in [5, 5.41) is 4.02. The smallest absolute Gasteiger partial charge is 0.256 e. The van der Waals surface area contributed by atoms with E-state index < -0.39 is 0 Å². The zero-order valence-corrected chi connectivity index (χ0v) is 20.3. The highest BCUT2D eigenvalue weighted by Gasteiger charge is 2.19. The van der Waals surface area contributed by atoms with Gasteiger partial charge >= 0.3 is 0 Å². The third-order valence-corrected chi connectivity index (χ3v) is 6.85. The van der Waals surface area contributed by atoms with E-state index in [9.17, 15) is 4.79 Å². The van der Waals surface area contributed by atoms with Gasteiger partial charge < -0.3 is 15.0 Å². The number of pyridine rings is 1. The number of amides is 1. The number of para-hydroxylation sites is 3. The monoisotopic (exact) mass is 465 g/mol. The molecule has 1 saturated heterocycles. The molecule has 1 aromatic heterocycles. The Hall–Kier alpha value is -3.70. The molecule has 5 rings (SSSR count). The van der Waals surface area contributed by atoms with E-state index in [4.69, 9.17) is 9.72 Å². The Morgan fingerprint density at radius 3 is 2.49 bits per heavy atom. The molecule has 0 spiro atoms. The third kappa shape index (κ3) is 4.91. The topological polar surface area (TPSA) is 54.5 Å². The number of rotatable bonds is 6. The number of carbonyl (C=O) groups excluding carboxylic acids is 1. The van der Waals surface area contributed by atoms with Gasteiger partial charge in [-0.05, 0) is 42.2 Å².